The zero-order valence-corrected chi connectivity index (χ0v) is 11.2. The van der Waals surface area contributed by atoms with Crippen molar-refractivity contribution in [3.8, 4) is 0 Å². The molecule has 3 aromatic rings. The Bertz CT molecular complexity index is 685. The highest BCUT2D eigenvalue weighted by Crippen LogP contribution is 2.20. The number of benzene rings is 1. The summed E-state index contributed by atoms with van der Waals surface area (Å²) in [5.41, 5.74) is 3.02. The Labute approximate surface area is 117 Å². The topological polar surface area (TPSA) is 50.7 Å². The molecule has 0 unspecified atom stereocenters. The molecule has 2 heterocycles. The fraction of sp³-hybridized carbons (Fsp3) is 0.0714. The maximum absolute atomic E-state index is 4.47. The molecule has 0 saturated heterocycles. The van der Waals surface area contributed by atoms with Crippen LogP contribution in [0, 0.1) is 6.92 Å². The molecule has 0 spiro atoms. The van der Waals surface area contributed by atoms with Crippen LogP contribution >= 0.6 is 12.4 Å². The first kappa shape index (κ1) is 13.2. The van der Waals surface area contributed by atoms with Crippen molar-refractivity contribution in [1.82, 2.24) is 15.0 Å². The number of pyridine rings is 1. The Morgan fingerprint density at radius 3 is 2.74 bits per heavy atom. The normalized spacial score (nSPS) is 9.95. The van der Waals surface area contributed by atoms with E-state index in [1.54, 1.807) is 6.20 Å². The zero-order valence-electron chi connectivity index (χ0n) is 10.4. The number of aryl methyl sites for hydroxylation is 1. The predicted octanol–water partition coefficient (Wildman–Crippen LogP) is 3.50. The molecule has 0 aliphatic carbocycles. The number of halogens is 1. The lowest BCUT2D eigenvalue weighted by atomic mass is 10.2. The summed E-state index contributed by atoms with van der Waals surface area (Å²) in [7, 11) is 0. The molecule has 0 amide bonds. The lowest BCUT2D eigenvalue weighted by Gasteiger charge is -2.06. The Morgan fingerprint density at radius 1 is 1.05 bits per heavy atom. The molecule has 0 saturated carbocycles. The predicted molar refractivity (Wildman–Crippen MR) is 79.0 cm³/mol. The Morgan fingerprint density at radius 2 is 1.95 bits per heavy atom. The van der Waals surface area contributed by atoms with Crippen LogP contribution in [0.2, 0.25) is 0 Å². The van der Waals surface area contributed by atoms with Gasteiger partial charge < -0.3 is 5.32 Å². The van der Waals surface area contributed by atoms with Crippen LogP contribution in [0.1, 0.15) is 5.69 Å². The summed E-state index contributed by atoms with van der Waals surface area (Å²) in [6.45, 7) is 1.99. The van der Waals surface area contributed by atoms with Gasteiger partial charge in [-0.1, -0.05) is 6.07 Å². The van der Waals surface area contributed by atoms with Crippen LogP contribution in [-0.4, -0.2) is 15.0 Å². The molecule has 5 heteroatoms. The van der Waals surface area contributed by atoms with Crippen LogP contribution in [0.5, 0.6) is 0 Å². The van der Waals surface area contributed by atoms with E-state index in [0.717, 1.165) is 28.1 Å². The second-order valence-electron chi connectivity index (χ2n) is 4.08. The van der Waals surface area contributed by atoms with Gasteiger partial charge in [0.1, 0.15) is 12.1 Å². The molecule has 0 fully saturated rings. The minimum atomic E-state index is 0. The summed E-state index contributed by atoms with van der Waals surface area (Å²) in [5, 5.41) is 4.34. The van der Waals surface area contributed by atoms with E-state index >= 15 is 0 Å². The van der Waals surface area contributed by atoms with Crippen molar-refractivity contribution in [3.05, 3.63) is 54.6 Å². The van der Waals surface area contributed by atoms with Crippen molar-refractivity contribution in [3.63, 3.8) is 0 Å². The van der Waals surface area contributed by atoms with Gasteiger partial charge in [0.2, 0.25) is 0 Å². The summed E-state index contributed by atoms with van der Waals surface area (Å²) in [5.74, 6) is 0.782. The fourth-order valence-corrected chi connectivity index (χ4v) is 1.82. The van der Waals surface area contributed by atoms with Crippen molar-refractivity contribution >= 4 is 34.8 Å². The van der Waals surface area contributed by atoms with E-state index in [0.29, 0.717) is 0 Å². The standard InChI is InChI=1S/C14H12N4.ClH/c1-10-2-3-11-8-12(4-5-13(11)17-10)18-14-6-7-15-9-16-14;/h2-9H,1H3,(H,15,16,18);1H. The number of aromatic nitrogens is 3. The number of fused-ring (bicyclic) bond motifs is 1. The number of nitrogens with one attached hydrogen (secondary N) is 1. The molecule has 96 valence electrons. The van der Waals surface area contributed by atoms with Crippen molar-refractivity contribution in [2.45, 2.75) is 6.92 Å². The van der Waals surface area contributed by atoms with E-state index in [4.69, 9.17) is 0 Å². The minimum absolute atomic E-state index is 0. The molecule has 4 nitrogen and oxygen atoms in total. The van der Waals surface area contributed by atoms with Gasteiger partial charge in [-0.25, -0.2) is 9.97 Å². The maximum Gasteiger partial charge on any atom is 0.133 e. The molecular formula is C14H13ClN4. The van der Waals surface area contributed by atoms with E-state index < -0.39 is 0 Å². The second-order valence-corrected chi connectivity index (χ2v) is 4.08. The summed E-state index contributed by atoms with van der Waals surface area (Å²) in [6.07, 6.45) is 3.23. The molecule has 1 aromatic carbocycles. The molecule has 2 aromatic heterocycles. The lowest BCUT2D eigenvalue weighted by Crippen LogP contribution is -1.93. The average Bonchev–Trinajstić information content (AvgIpc) is 2.40. The van der Waals surface area contributed by atoms with Crippen LogP contribution < -0.4 is 5.32 Å². The zero-order chi connectivity index (χ0) is 12.4. The molecule has 19 heavy (non-hydrogen) atoms. The van der Waals surface area contributed by atoms with Gasteiger partial charge in [-0.15, -0.1) is 12.4 Å². The van der Waals surface area contributed by atoms with Crippen LogP contribution in [0.3, 0.4) is 0 Å². The van der Waals surface area contributed by atoms with Crippen LogP contribution in [0.15, 0.2) is 48.9 Å². The summed E-state index contributed by atoms with van der Waals surface area (Å²) >= 11 is 0. The number of rotatable bonds is 2. The van der Waals surface area contributed by atoms with Gasteiger partial charge in [0.15, 0.2) is 0 Å². The highest BCUT2D eigenvalue weighted by molar-refractivity contribution is 5.85. The van der Waals surface area contributed by atoms with Crippen LogP contribution in [0.4, 0.5) is 11.5 Å². The van der Waals surface area contributed by atoms with Crippen molar-refractivity contribution in [2.24, 2.45) is 0 Å². The Balaban J connectivity index is 0.00000133. The van der Waals surface area contributed by atoms with Crippen LogP contribution in [-0.2, 0) is 0 Å². The summed E-state index contributed by atoms with van der Waals surface area (Å²) in [6, 6.07) is 12.0. The van der Waals surface area contributed by atoms with Gasteiger partial charge in [-0.2, -0.15) is 0 Å². The first-order valence-electron chi connectivity index (χ1n) is 5.72. The van der Waals surface area contributed by atoms with Crippen molar-refractivity contribution < 1.29 is 0 Å². The van der Waals surface area contributed by atoms with Gasteiger partial charge in [0, 0.05) is 23.0 Å². The SMILES string of the molecule is Cc1ccc2cc(Nc3ccncn3)ccc2n1.Cl. The van der Waals surface area contributed by atoms with Gasteiger partial charge in [-0.3, -0.25) is 4.98 Å². The maximum atomic E-state index is 4.47. The first-order chi connectivity index (χ1) is 8.81. The molecule has 3 rings (SSSR count). The minimum Gasteiger partial charge on any atom is -0.340 e. The van der Waals surface area contributed by atoms with Crippen molar-refractivity contribution in [2.75, 3.05) is 5.32 Å². The third kappa shape index (κ3) is 2.98. The third-order valence-electron chi connectivity index (χ3n) is 2.68. The molecule has 0 radical (unpaired) electrons. The number of nitrogens with zero attached hydrogens (tertiary/aromatic N) is 3. The van der Waals surface area contributed by atoms with Crippen LogP contribution in [0.25, 0.3) is 10.9 Å². The molecular weight excluding hydrogens is 260 g/mol. The smallest absolute Gasteiger partial charge is 0.133 e. The molecule has 0 aliphatic rings. The molecule has 0 bridgehead atoms. The van der Waals surface area contributed by atoms with E-state index in [9.17, 15) is 0 Å². The monoisotopic (exact) mass is 272 g/mol. The Hall–Kier alpha value is -2.20. The summed E-state index contributed by atoms with van der Waals surface area (Å²) < 4.78 is 0. The first-order valence-corrected chi connectivity index (χ1v) is 5.72. The van der Waals surface area contributed by atoms with E-state index in [-0.39, 0.29) is 12.4 Å². The molecule has 0 atom stereocenters. The van der Waals surface area contributed by atoms with Gasteiger partial charge in [0.25, 0.3) is 0 Å². The number of anilines is 2. The summed E-state index contributed by atoms with van der Waals surface area (Å²) in [4.78, 5) is 12.5. The van der Waals surface area contributed by atoms with Gasteiger partial charge in [0.05, 0.1) is 5.52 Å². The van der Waals surface area contributed by atoms with E-state index in [1.165, 1.54) is 6.33 Å². The number of hydrogen-bond donors (Lipinski definition) is 1. The fourth-order valence-electron chi connectivity index (χ4n) is 1.82. The Kier molecular flexibility index (Phi) is 3.92. The van der Waals surface area contributed by atoms with E-state index in [2.05, 4.69) is 32.4 Å². The van der Waals surface area contributed by atoms with Gasteiger partial charge in [-0.05, 0) is 37.3 Å². The van der Waals surface area contributed by atoms with Gasteiger partial charge >= 0.3 is 0 Å². The van der Waals surface area contributed by atoms with Crippen molar-refractivity contribution in [1.29, 1.82) is 0 Å². The second kappa shape index (κ2) is 5.63. The number of hydrogen-bond acceptors (Lipinski definition) is 4. The third-order valence-corrected chi connectivity index (χ3v) is 2.68. The lowest BCUT2D eigenvalue weighted by molar-refractivity contribution is 1.17. The average molecular weight is 273 g/mol. The molecule has 1 N–H and O–H groups in total. The highest BCUT2D eigenvalue weighted by atomic mass is 35.5. The highest BCUT2D eigenvalue weighted by Gasteiger charge is 1.99. The quantitative estimate of drug-likeness (QED) is 0.776. The molecule has 0 aliphatic heterocycles. The largest absolute Gasteiger partial charge is 0.340 e. The van der Waals surface area contributed by atoms with E-state index in [1.807, 2.05) is 31.2 Å².